The van der Waals surface area contributed by atoms with E-state index in [1.165, 1.54) is 0 Å². The van der Waals surface area contributed by atoms with Crippen molar-refractivity contribution in [1.82, 2.24) is 9.97 Å². The molecule has 2 heterocycles. The van der Waals surface area contributed by atoms with Crippen molar-refractivity contribution in [3.8, 4) is 47.4 Å². The summed E-state index contributed by atoms with van der Waals surface area (Å²) in [6.07, 6.45) is 3.29. The van der Waals surface area contributed by atoms with E-state index in [-0.39, 0.29) is 0 Å². The molecule has 0 aliphatic heterocycles. The van der Waals surface area contributed by atoms with Gasteiger partial charge >= 0.3 is 0 Å². The highest BCUT2D eigenvalue weighted by atomic mass is 35.5. The van der Waals surface area contributed by atoms with Crippen LogP contribution in [-0.4, -0.2) is 9.97 Å². The first-order valence-corrected chi connectivity index (χ1v) is 10.9. The molecule has 0 N–H and O–H groups in total. The van der Waals surface area contributed by atoms with Crippen molar-refractivity contribution in [1.29, 1.82) is 0 Å². The highest BCUT2D eigenvalue weighted by Gasteiger charge is 1.93. The lowest BCUT2D eigenvalue weighted by atomic mass is 10.1. The molecule has 4 aromatic rings. The standard InChI is InChI=1S/C30H14Cl2N2/c31-29-17-15-27(21-33-29)13-11-25-9-3-7-23(19-25)5-1-2-6-24-8-4-10-26(20-24)12-14-28-16-18-30(32)34-22-28/h3-4,7-10,15-22H. The third kappa shape index (κ3) is 7.04. The molecule has 0 saturated carbocycles. The predicted octanol–water partition coefficient (Wildman–Crippen LogP) is 5.99. The highest BCUT2D eigenvalue weighted by Crippen LogP contribution is 2.07. The molecule has 0 spiro atoms. The zero-order chi connectivity index (χ0) is 23.6. The van der Waals surface area contributed by atoms with Gasteiger partial charge in [0, 0.05) is 45.8 Å². The Balaban J connectivity index is 1.44. The van der Waals surface area contributed by atoms with Crippen LogP contribution in [0.3, 0.4) is 0 Å². The fourth-order valence-corrected chi connectivity index (χ4v) is 2.97. The Morgan fingerprint density at radius 3 is 1.21 bits per heavy atom. The molecule has 0 unspecified atom stereocenters. The molecular weight excluding hydrogens is 459 g/mol. The second kappa shape index (κ2) is 11.4. The third-order valence-electron chi connectivity index (χ3n) is 4.36. The molecule has 0 amide bonds. The molecule has 4 rings (SSSR count). The van der Waals surface area contributed by atoms with Crippen LogP contribution in [0.4, 0.5) is 0 Å². The van der Waals surface area contributed by atoms with Crippen LogP contribution >= 0.6 is 23.2 Å². The minimum absolute atomic E-state index is 0.444. The number of hydrogen-bond donors (Lipinski definition) is 0. The van der Waals surface area contributed by atoms with Crippen LogP contribution < -0.4 is 0 Å². The summed E-state index contributed by atoms with van der Waals surface area (Å²) in [6.45, 7) is 0. The Bertz CT molecular complexity index is 1450. The lowest BCUT2D eigenvalue weighted by Crippen LogP contribution is -1.81. The molecule has 0 atom stereocenters. The predicted molar refractivity (Wildman–Crippen MR) is 137 cm³/mol. The Morgan fingerprint density at radius 1 is 0.441 bits per heavy atom. The van der Waals surface area contributed by atoms with E-state index >= 15 is 0 Å². The van der Waals surface area contributed by atoms with Crippen molar-refractivity contribution in [2.45, 2.75) is 0 Å². The molecule has 2 nitrogen and oxygen atoms in total. The molecule has 0 saturated heterocycles. The average molecular weight is 473 g/mol. The molecule has 0 radical (unpaired) electrons. The van der Waals surface area contributed by atoms with Crippen LogP contribution in [0.5, 0.6) is 0 Å². The Morgan fingerprint density at radius 2 is 0.824 bits per heavy atom. The molecule has 2 aromatic heterocycles. The normalized spacial score (nSPS) is 9.12. The first kappa shape index (κ1) is 22.7. The second-order valence-electron chi connectivity index (χ2n) is 6.90. The van der Waals surface area contributed by atoms with E-state index in [9.17, 15) is 0 Å². The van der Waals surface area contributed by atoms with E-state index in [4.69, 9.17) is 23.2 Å². The largest absolute Gasteiger partial charge is 0.243 e. The smallest absolute Gasteiger partial charge is 0.129 e. The molecule has 2 aromatic carbocycles. The van der Waals surface area contributed by atoms with Crippen LogP contribution in [0.15, 0.2) is 85.2 Å². The van der Waals surface area contributed by atoms with Crippen LogP contribution in [0.1, 0.15) is 33.4 Å². The Hall–Kier alpha value is -4.44. The van der Waals surface area contributed by atoms with E-state index in [1.807, 2.05) is 60.7 Å². The summed E-state index contributed by atoms with van der Waals surface area (Å²) >= 11 is 11.6. The first-order valence-electron chi connectivity index (χ1n) is 10.1. The van der Waals surface area contributed by atoms with Crippen LogP contribution in [0, 0.1) is 47.4 Å². The molecule has 0 fully saturated rings. The zero-order valence-corrected chi connectivity index (χ0v) is 19.2. The van der Waals surface area contributed by atoms with E-state index in [0.717, 1.165) is 33.4 Å². The maximum atomic E-state index is 5.80. The number of benzene rings is 2. The fraction of sp³-hybridized carbons (Fsp3) is 0. The van der Waals surface area contributed by atoms with Crippen molar-refractivity contribution in [3.05, 3.63) is 129 Å². The third-order valence-corrected chi connectivity index (χ3v) is 4.81. The molecule has 4 heteroatoms. The molecule has 0 bridgehead atoms. The zero-order valence-electron chi connectivity index (χ0n) is 17.7. The van der Waals surface area contributed by atoms with Crippen molar-refractivity contribution in [2.75, 3.05) is 0 Å². The monoisotopic (exact) mass is 472 g/mol. The number of rotatable bonds is 0. The fourth-order valence-electron chi connectivity index (χ4n) is 2.74. The first-order chi connectivity index (χ1) is 16.6. The van der Waals surface area contributed by atoms with Gasteiger partial charge in [-0.2, -0.15) is 0 Å². The number of pyridine rings is 2. The quantitative estimate of drug-likeness (QED) is 0.232. The van der Waals surface area contributed by atoms with Gasteiger partial charge in [0.15, 0.2) is 0 Å². The molecular formula is C30H14Cl2N2. The van der Waals surface area contributed by atoms with Gasteiger partial charge in [0.05, 0.1) is 0 Å². The maximum Gasteiger partial charge on any atom is 0.129 e. The number of aromatic nitrogens is 2. The SMILES string of the molecule is Clc1ccc(C#Cc2cccc(C#CC#Cc3cccc(C#Cc4ccc(Cl)nc4)c3)c2)cn1. The molecule has 34 heavy (non-hydrogen) atoms. The summed E-state index contributed by atoms with van der Waals surface area (Å²) in [5, 5.41) is 0.887. The number of hydrogen-bond acceptors (Lipinski definition) is 2. The average Bonchev–Trinajstić information content (AvgIpc) is 2.87. The van der Waals surface area contributed by atoms with E-state index in [1.54, 1.807) is 24.5 Å². The van der Waals surface area contributed by atoms with Gasteiger partial charge in [-0.25, -0.2) is 9.97 Å². The van der Waals surface area contributed by atoms with E-state index in [0.29, 0.717) is 10.3 Å². The van der Waals surface area contributed by atoms with E-state index in [2.05, 4.69) is 57.3 Å². The lowest BCUT2D eigenvalue weighted by Gasteiger charge is -1.93. The molecule has 0 aliphatic carbocycles. The summed E-state index contributed by atoms with van der Waals surface area (Å²) < 4.78 is 0. The minimum atomic E-state index is 0.444. The maximum absolute atomic E-state index is 5.80. The van der Waals surface area contributed by atoms with Crippen molar-refractivity contribution in [2.24, 2.45) is 0 Å². The highest BCUT2D eigenvalue weighted by molar-refractivity contribution is 6.29. The lowest BCUT2D eigenvalue weighted by molar-refractivity contribution is 1.31. The van der Waals surface area contributed by atoms with Gasteiger partial charge in [0.2, 0.25) is 0 Å². The van der Waals surface area contributed by atoms with Gasteiger partial charge in [-0.15, -0.1) is 0 Å². The molecule has 158 valence electrons. The van der Waals surface area contributed by atoms with Gasteiger partial charge < -0.3 is 0 Å². The summed E-state index contributed by atoms with van der Waals surface area (Å²) in [5.41, 5.74) is 4.99. The van der Waals surface area contributed by atoms with Gasteiger partial charge in [0.1, 0.15) is 10.3 Å². The van der Waals surface area contributed by atoms with Crippen molar-refractivity contribution >= 4 is 23.2 Å². The van der Waals surface area contributed by atoms with Gasteiger partial charge in [-0.05, 0) is 72.5 Å². The Kier molecular flexibility index (Phi) is 7.65. The Labute approximate surface area is 209 Å². The van der Waals surface area contributed by atoms with Gasteiger partial charge in [-0.3, -0.25) is 0 Å². The van der Waals surface area contributed by atoms with Crippen LogP contribution in [-0.2, 0) is 0 Å². The van der Waals surface area contributed by atoms with Gasteiger partial charge in [0.25, 0.3) is 0 Å². The molecule has 0 aliphatic rings. The van der Waals surface area contributed by atoms with Crippen LogP contribution in [0.25, 0.3) is 0 Å². The van der Waals surface area contributed by atoms with Crippen molar-refractivity contribution < 1.29 is 0 Å². The second-order valence-corrected chi connectivity index (χ2v) is 7.68. The van der Waals surface area contributed by atoms with Gasteiger partial charge in [-0.1, -0.05) is 70.9 Å². The summed E-state index contributed by atoms with van der Waals surface area (Å²) in [4.78, 5) is 8.05. The minimum Gasteiger partial charge on any atom is -0.243 e. The van der Waals surface area contributed by atoms with Crippen LogP contribution in [0.2, 0.25) is 10.3 Å². The summed E-state index contributed by atoms with van der Waals surface area (Å²) in [5.74, 6) is 24.3. The number of halogens is 2. The van der Waals surface area contributed by atoms with Crippen molar-refractivity contribution in [3.63, 3.8) is 0 Å². The van der Waals surface area contributed by atoms with E-state index < -0.39 is 0 Å². The topological polar surface area (TPSA) is 25.8 Å². The summed E-state index contributed by atoms with van der Waals surface area (Å²) in [6, 6.07) is 22.5. The number of nitrogens with zero attached hydrogens (tertiary/aromatic N) is 2. The summed E-state index contributed by atoms with van der Waals surface area (Å²) in [7, 11) is 0.